The number of hydrogen-bond donors (Lipinski definition) is 1. The molecule has 0 aliphatic carbocycles. The van der Waals surface area contributed by atoms with Crippen molar-refractivity contribution in [1.82, 2.24) is 20.2 Å². The van der Waals surface area contributed by atoms with Crippen LogP contribution >= 0.6 is 27.5 Å². The van der Waals surface area contributed by atoms with Gasteiger partial charge < -0.3 is 5.73 Å². The molecule has 1 aromatic heterocycles. The van der Waals surface area contributed by atoms with Crippen LogP contribution in [-0.2, 0) is 0 Å². The molecule has 0 bridgehead atoms. The third kappa shape index (κ3) is 2.62. The third-order valence-corrected chi connectivity index (χ3v) is 3.77. The summed E-state index contributed by atoms with van der Waals surface area (Å²) in [6.45, 7) is 0. The molecule has 0 spiro atoms. The number of benzene rings is 2. The van der Waals surface area contributed by atoms with Crippen LogP contribution < -0.4 is 5.73 Å². The molecule has 0 unspecified atom stereocenters. The molecule has 3 rings (SSSR count). The minimum Gasteiger partial charge on any atom is -0.398 e. The van der Waals surface area contributed by atoms with Crippen molar-refractivity contribution in [2.45, 2.75) is 0 Å². The highest BCUT2D eigenvalue weighted by Crippen LogP contribution is 2.30. The Labute approximate surface area is 132 Å². The molecule has 0 fully saturated rings. The Kier molecular flexibility index (Phi) is 3.60. The summed E-state index contributed by atoms with van der Waals surface area (Å²) in [6, 6.07) is 9.30. The lowest BCUT2D eigenvalue weighted by molar-refractivity contribution is 0.628. The largest absolute Gasteiger partial charge is 0.398 e. The van der Waals surface area contributed by atoms with E-state index in [1.807, 2.05) is 0 Å². The highest BCUT2D eigenvalue weighted by atomic mass is 79.9. The predicted octanol–water partition coefficient (Wildman–Crippen LogP) is 3.47. The number of nitrogens with two attached hydrogens (primary N) is 1. The molecule has 5 nitrogen and oxygen atoms in total. The van der Waals surface area contributed by atoms with Crippen molar-refractivity contribution >= 4 is 33.2 Å². The predicted molar refractivity (Wildman–Crippen MR) is 81.7 cm³/mol. The molecule has 3 aromatic rings. The van der Waals surface area contributed by atoms with Gasteiger partial charge in [-0.25, -0.2) is 4.39 Å². The summed E-state index contributed by atoms with van der Waals surface area (Å²) in [7, 11) is 0. The zero-order chi connectivity index (χ0) is 15.0. The summed E-state index contributed by atoms with van der Waals surface area (Å²) >= 11 is 9.43. The molecule has 0 saturated heterocycles. The first-order valence-electron chi connectivity index (χ1n) is 5.85. The number of hydrogen-bond acceptors (Lipinski definition) is 4. The second-order valence-corrected chi connectivity index (χ2v) is 5.53. The summed E-state index contributed by atoms with van der Waals surface area (Å²) in [4.78, 5) is 0. The first-order chi connectivity index (χ1) is 10.1. The van der Waals surface area contributed by atoms with Crippen LogP contribution in [0.4, 0.5) is 10.1 Å². The molecule has 0 aliphatic rings. The van der Waals surface area contributed by atoms with Crippen molar-refractivity contribution in [2.24, 2.45) is 0 Å². The van der Waals surface area contributed by atoms with Crippen LogP contribution in [0.2, 0.25) is 5.02 Å². The summed E-state index contributed by atoms with van der Waals surface area (Å²) < 4.78 is 15.4. The minimum absolute atomic E-state index is 0.254. The molecule has 21 heavy (non-hydrogen) atoms. The first kappa shape index (κ1) is 14.0. The first-order valence-corrected chi connectivity index (χ1v) is 7.02. The molecule has 8 heteroatoms. The maximum atomic E-state index is 13.2. The smallest absolute Gasteiger partial charge is 0.189 e. The average molecular weight is 369 g/mol. The van der Waals surface area contributed by atoms with Crippen LogP contribution in [0.5, 0.6) is 0 Å². The maximum Gasteiger partial charge on any atom is 0.189 e. The fourth-order valence-electron chi connectivity index (χ4n) is 1.90. The number of nitrogen functional groups attached to an aromatic ring is 1. The van der Waals surface area contributed by atoms with E-state index in [0.29, 0.717) is 22.1 Å². The van der Waals surface area contributed by atoms with Gasteiger partial charge in [0.2, 0.25) is 0 Å². The van der Waals surface area contributed by atoms with E-state index in [1.54, 1.807) is 18.2 Å². The Hall–Kier alpha value is -1.99. The van der Waals surface area contributed by atoms with Gasteiger partial charge in [0, 0.05) is 20.7 Å². The van der Waals surface area contributed by atoms with Gasteiger partial charge in [0.05, 0.1) is 5.69 Å². The maximum absolute atomic E-state index is 13.2. The van der Waals surface area contributed by atoms with Crippen LogP contribution in [0.1, 0.15) is 0 Å². The van der Waals surface area contributed by atoms with Gasteiger partial charge in [-0.15, -0.1) is 5.10 Å². The van der Waals surface area contributed by atoms with Gasteiger partial charge in [0.1, 0.15) is 5.82 Å². The summed E-state index contributed by atoms with van der Waals surface area (Å²) in [6.07, 6.45) is 0. The van der Waals surface area contributed by atoms with Gasteiger partial charge in [-0.1, -0.05) is 11.6 Å². The standard InChI is InChI=1S/C13H8BrClFN5/c14-10-4-1-7(15)5-12(10)21-13(18-19-20-21)9-3-2-8(16)6-11(9)17/h1-6H,17H2. The molecule has 106 valence electrons. The van der Waals surface area contributed by atoms with Gasteiger partial charge in [-0.2, -0.15) is 4.68 Å². The van der Waals surface area contributed by atoms with Crippen molar-refractivity contribution in [3.8, 4) is 17.1 Å². The van der Waals surface area contributed by atoms with Gasteiger partial charge >= 0.3 is 0 Å². The second kappa shape index (κ2) is 5.42. The monoisotopic (exact) mass is 367 g/mol. The van der Waals surface area contributed by atoms with Crippen LogP contribution in [-0.4, -0.2) is 20.2 Å². The molecule has 0 atom stereocenters. The highest BCUT2D eigenvalue weighted by Gasteiger charge is 2.16. The van der Waals surface area contributed by atoms with Gasteiger partial charge in [0.25, 0.3) is 0 Å². The number of aromatic nitrogens is 4. The molecule has 0 aliphatic heterocycles. The van der Waals surface area contributed by atoms with Gasteiger partial charge in [0.15, 0.2) is 5.82 Å². The van der Waals surface area contributed by atoms with Crippen molar-refractivity contribution in [3.05, 3.63) is 51.7 Å². The summed E-state index contributed by atoms with van der Waals surface area (Å²) in [5.74, 6) is -0.0188. The lowest BCUT2D eigenvalue weighted by atomic mass is 10.1. The van der Waals surface area contributed by atoms with E-state index in [0.717, 1.165) is 4.47 Å². The minimum atomic E-state index is -0.417. The van der Waals surface area contributed by atoms with Gasteiger partial charge in [-0.3, -0.25) is 0 Å². The highest BCUT2D eigenvalue weighted by molar-refractivity contribution is 9.10. The lowest BCUT2D eigenvalue weighted by Gasteiger charge is -2.09. The molecular weight excluding hydrogens is 361 g/mol. The van der Waals surface area contributed by atoms with E-state index < -0.39 is 5.82 Å². The van der Waals surface area contributed by atoms with Crippen LogP contribution in [0.25, 0.3) is 17.1 Å². The molecule has 0 radical (unpaired) electrons. The Morgan fingerprint density at radius 1 is 1.19 bits per heavy atom. The molecular formula is C13H8BrClFN5. The van der Waals surface area contributed by atoms with E-state index in [9.17, 15) is 4.39 Å². The normalized spacial score (nSPS) is 10.8. The van der Waals surface area contributed by atoms with E-state index in [1.165, 1.54) is 22.9 Å². The molecule has 2 N–H and O–H groups in total. The zero-order valence-corrected chi connectivity index (χ0v) is 12.8. The fraction of sp³-hybridized carbons (Fsp3) is 0. The number of tetrazole rings is 1. The van der Waals surface area contributed by atoms with Crippen LogP contribution in [0.3, 0.4) is 0 Å². The van der Waals surface area contributed by atoms with Crippen LogP contribution in [0, 0.1) is 5.82 Å². The Morgan fingerprint density at radius 2 is 2.00 bits per heavy atom. The Balaban J connectivity index is 2.19. The van der Waals surface area contributed by atoms with Crippen molar-refractivity contribution in [2.75, 3.05) is 5.73 Å². The second-order valence-electron chi connectivity index (χ2n) is 4.24. The van der Waals surface area contributed by atoms with E-state index in [-0.39, 0.29) is 5.69 Å². The van der Waals surface area contributed by atoms with Crippen molar-refractivity contribution in [3.63, 3.8) is 0 Å². The number of rotatable bonds is 2. The third-order valence-electron chi connectivity index (χ3n) is 2.86. The Bertz CT molecular complexity index is 820. The SMILES string of the molecule is Nc1cc(F)ccc1-c1nnnn1-c1cc(Cl)ccc1Br. The lowest BCUT2D eigenvalue weighted by Crippen LogP contribution is -2.03. The van der Waals surface area contributed by atoms with Gasteiger partial charge in [-0.05, 0) is 62.8 Å². The number of anilines is 1. The van der Waals surface area contributed by atoms with E-state index in [4.69, 9.17) is 17.3 Å². The van der Waals surface area contributed by atoms with E-state index in [2.05, 4.69) is 31.5 Å². The van der Waals surface area contributed by atoms with E-state index >= 15 is 0 Å². The molecule has 0 saturated carbocycles. The summed E-state index contributed by atoms with van der Waals surface area (Å²) in [5.41, 5.74) is 7.29. The van der Waals surface area contributed by atoms with Crippen molar-refractivity contribution in [1.29, 1.82) is 0 Å². The van der Waals surface area contributed by atoms with Crippen LogP contribution in [0.15, 0.2) is 40.9 Å². The number of halogens is 3. The summed E-state index contributed by atoms with van der Waals surface area (Å²) in [5, 5.41) is 12.1. The average Bonchev–Trinajstić information content (AvgIpc) is 2.90. The molecule has 0 amide bonds. The molecule has 2 aromatic carbocycles. The quantitative estimate of drug-likeness (QED) is 0.703. The fourth-order valence-corrected chi connectivity index (χ4v) is 2.48. The molecule has 1 heterocycles. The topological polar surface area (TPSA) is 69.6 Å². The zero-order valence-electron chi connectivity index (χ0n) is 10.5. The van der Waals surface area contributed by atoms with Crippen molar-refractivity contribution < 1.29 is 4.39 Å². The number of nitrogens with zero attached hydrogens (tertiary/aromatic N) is 4. The Morgan fingerprint density at radius 3 is 2.76 bits per heavy atom.